The van der Waals surface area contributed by atoms with Gasteiger partial charge in [-0.1, -0.05) is 18.2 Å². The number of nitrogens with one attached hydrogen (secondary N) is 1. The molecular formula is C27H21ClF3N9O2. The fraction of sp³-hybridized carbons (Fsp3) is 0.185. The SMILES string of the molecule is C=CC(=O)N1CCN(c2ccc3ncnc(Nc4ccc(Oc5ccn6ncnc6c5)c(Cl)c4F)c3n2)C[C@@H]1C(F)F. The van der Waals surface area contributed by atoms with E-state index in [1.54, 1.807) is 39.9 Å². The molecule has 0 aliphatic carbocycles. The Morgan fingerprint density at radius 3 is 2.81 bits per heavy atom. The number of piperazine rings is 1. The lowest BCUT2D eigenvalue weighted by molar-refractivity contribution is -0.132. The van der Waals surface area contributed by atoms with Crippen molar-refractivity contribution in [3.63, 3.8) is 0 Å². The van der Waals surface area contributed by atoms with Crippen LogP contribution in [0.2, 0.25) is 5.02 Å². The quantitative estimate of drug-likeness (QED) is 0.263. The molecule has 1 fully saturated rings. The summed E-state index contributed by atoms with van der Waals surface area (Å²) in [5, 5.41) is 6.65. The number of carbonyl (C=O) groups is 1. The van der Waals surface area contributed by atoms with Gasteiger partial charge in [-0.05, 0) is 36.4 Å². The largest absolute Gasteiger partial charge is 0.455 e. The molecule has 1 atom stereocenters. The summed E-state index contributed by atoms with van der Waals surface area (Å²) in [7, 11) is 0. The zero-order chi connectivity index (χ0) is 29.4. The first kappa shape index (κ1) is 27.2. The number of aromatic nitrogens is 6. The molecule has 0 radical (unpaired) electrons. The molecule has 1 N–H and O–H groups in total. The number of halogens is 4. The molecule has 11 nitrogen and oxygen atoms in total. The van der Waals surface area contributed by atoms with Gasteiger partial charge in [-0.3, -0.25) is 4.79 Å². The fourth-order valence-corrected chi connectivity index (χ4v) is 4.85. The maximum absolute atomic E-state index is 15.4. The zero-order valence-corrected chi connectivity index (χ0v) is 22.4. The van der Waals surface area contributed by atoms with E-state index in [-0.39, 0.29) is 47.4 Å². The average molecular weight is 596 g/mol. The van der Waals surface area contributed by atoms with Crippen molar-refractivity contribution in [2.75, 3.05) is 29.9 Å². The van der Waals surface area contributed by atoms with Gasteiger partial charge in [0.1, 0.15) is 46.6 Å². The van der Waals surface area contributed by atoms with Crippen molar-refractivity contribution >= 4 is 51.5 Å². The second-order valence-electron chi connectivity index (χ2n) is 9.23. The number of carbonyl (C=O) groups excluding carboxylic acids is 1. The van der Waals surface area contributed by atoms with Crippen LogP contribution in [0.25, 0.3) is 16.7 Å². The summed E-state index contributed by atoms with van der Waals surface area (Å²) < 4.78 is 50.4. The Kier molecular flexibility index (Phi) is 7.20. The Hall–Kier alpha value is -4.98. The summed E-state index contributed by atoms with van der Waals surface area (Å²) in [5.41, 5.74) is 1.27. The third kappa shape index (κ3) is 5.11. The normalized spacial score (nSPS) is 15.4. The van der Waals surface area contributed by atoms with E-state index < -0.39 is 24.2 Å². The van der Waals surface area contributed by atoms with Crippen molar-refractivity contribution in [1.82, 2.24) is 34.4 Å². The second-order valence-corrected chi connectivity index (χ2v) is 9.61. The molecule has 15 heteroatoms. The summed E-state index contributed by atoms with van der Waals surface area (Å²) in [6, 6.07) is 8.18. The number of pyridine rings is 2. The van der Waals surface area contributed by atoms with Crippen molar-refractivity contribution in [3.8, 4) is 11.5 Å². The highest BCUT2D eigenvalue weighted by Gasteiger charge is 2.36. The van der Waals surface area contributed by atoms with E-state index in [2.05, 4.69) is 36.9 Å². The minimum atomic E-state index is -2.76. The van der Waals surface area contributed by atoms with Crippen LogP contribution in [0.5, 0.6) is 11.5 Å². The smallest absolute Gasteiger partial charge is 0.260 e. The molecule has 0 unspecified atom stereocenters. The van der Waals surface area contributed by atoms with Gasteiger partial charge in [0, 0.05) is 31.9 Å². The summed E-state index contributed by atoms with van der Waals surface area (Å²) >= 11 is 6.32. The number of amides is 1. The second kappa shape index (κ2) is 11.1. The number of rotatable bonds is 7. The van der Waals surface area contributed by atoms with E-state index in [9.17, 15) is 13.6 Å². The van der Waals surface area contributed by atoms with Gasteiger partial charge in [0.05, 0.1) is 11.2 Å². The Morgan fingerprint density at radius 1 is 1.14 bits per heavy atom. The third-order valence-corrected chi connectivity index (χ3v) is 7.09. The molecule has 6 rings (SSSR count). The van der Waals surface area contributed by atoms with Crippen LogP contribution < -0.4 is 15.0 Å². The third-order valence-electron chi connectivity index (χ3n) is 6.74. The molecule has 1 saturated heterocycles. The Bertz CT molecular complexity index is 1820. The van der Waals surface area contributed by atoms with Crippen LogP contribution in [0.3, 0.4) is 0 Å². The van der Waals surface area contributed by atoms with E-state index in [4.69, 9.17) is 16.3 Å². The number of nitrogens with zero attached hydrogens (tertiary/aromatic N) is 8. The Morgan fingerprint density at radius 2 is 2.00 bits per heavy atom. The minimum absolute atomic E-state index is 0.00165. The Labute approximate surface area is 241 Å². The highest BCUT2D eigenvalue weighted by atomic mass is 35.5. The lowest BCUT2D eigenvalue weighted by Gasteiger charge is -2.41. The number of hydrogen-bond acceptors (Lipinski definition) is 9. The maximum Gasteiger partial charge on any atom is 0.260 e. The van der Waals surface area contributed by atoms with Crippen LogP contribution in [0.1, 0.15) is 0 Å². The number of benzene rings is 1. The molecule has 1 aromatic carbocycles. The molecule has 0 bridgehead atoms. The van der Waals surface area contributed by atoms with Gasteiger partial charge < -0.3 is 19.9 Å². The van der Waals surface area contributed by atoms with Gasteiger partial charge in [-0.15, -0.1) is 0 Å². The fourth-order valence-electron chi connectivity index (χ4n) is 4.64. The highest BCUT2D eigenvalue weighted by Crippen LogP contribution is 2.37. The molecule has 214 valence electrons. The molecular weight excluding hydrogens is 575 g/mol. The molecule has 1 aliphatic heterocycles. The van der Waals surface area contributed by atoms with Crippen molar-refractivity contribution in [3.05, 3.63) is 78.7 Å². The molecule has 42 heavy (non-hydrogen) atoms. The predicted molar refractivity (Wildman–Crippen MR) is 149 cm³/mol. The predicted octanol–water partition coefficient (Wildman–Crippen LogP) is 4.86. The van der Waals surface area contributed by atoms with Crippen LogP contribution >= 0.6 is 11.6 Å². The van der Waals surface area contributed by atoms with Gasteiger partial charge in [0.15, 0.2) is 17.3 Å². The molecule has 0 spiro atoms. The molecule has 5 aromatic rings. The van der Waals surface area contributed by atoms with Crippen molar-refractivity contribution < 1.29 is 22.7 Å². The van der Waals surface area contributed by atoms with Crippen molar-refractivity contribution in [2.45, 2.75) is 12.5 Å². The van der Waals surface area contributed by atoms with E-state index in [1.807, 2.05) is 0 Å². The van der Waals surface area contributed by atoms with Gasteiger partial charge >= 0.3 is 0 Å². The van der Waals surface area contributed by atoms with Crippen molar-refractivity contribution in [1.29, 1.82) is 0 Å². The number of hydrogen-bond donors (Lipinski definition) is 1. The van der Waals surface area contributed by atoms with Crippen LogP contribution in [0.4, 0.5) is 30.5 Å². The van der Waals surface area contributed by atoms with E-state index in [0.29, 0.717) is 22.7 Å². The number of fused-ring (bicyclic) bond motifs is 2. The molecule has 4 aromatic heterocycles. The highest BCUT2D eigenvalue weighted by molar-refractivity contribution is 6.32. The van der Waals surface area contributed by atoms with E-state index >= 15 is 4.39 Å². The first-order valence-electron chi connectivity index (χ1n) is 12.6. The van der Waals surface area contributed by atoms with Crippen LogP contribution in [-0.2, 0) is 4.79 Å². The van der Waals surface area contributed by atoms with Crippen LogP contribution in [0.15, 0.2) is 67.9 Å². The monoisotopic (exact) mass is 595 g/mol. The molecule has 1 aliphatic rings. The lowest BCUT2D eigenvalue weighted by Crippen LogP contribution is -2.57. The maximum atomic E-state index is 15.4. The number of anilines is 3. The number of alkyl halides is 2. The van der Waals surface area contributed by atoms with E-state index in [1.165, 1.54) is 24.8 Å². The van der Waals surface area contributed by atoms with Gasteiger partial charge in [-0.2, -0.15) is 5.10 Å². The lowest BCUT2D eigenvalue weighted by atomic mass is 10.1. The topological polar surface area (TPSA) is 114 Å². The first-order chi connectivity index (χ1) is 20.3. The summed E-state index contributed by atoms with van der Waals surface area (Å²) in [6.07, 6.45) is 2.59. The molecule has 5 heterocycles. The molecule has 1 amide bonds. The van der Waals surface area contributed by atoms with Crippen LogP contribution in [0, 0.1) is 5.82 Å². The molecule has 0 saturated carbocycles. The van der Waals surface area contributed by atoms with E-state index in [0.717, 1.165) is 11.0 Å². The standard InChI is InChI=1S/C27H21ClF3N9O2/c1-2-22(41)39-10-9-38(12-18(39)26(30)31)20-6-4-17-25(37-20)27(34-13-32-17)36-16-3-5-19(23(28)24(16)29)42-15-7-8-40-21(11-15)33-14-35-40/h2-8,11,13-14,18,26H,1,9-10,12H2,(H,32,34,36)/t18-/m1/s1. The van der Waals surface area contributed by atoms with Crippen molar-refractivity contribution in [2.24, 2.45) is 0 Å². The Balaban J connectivity index is 1.26. The summed E-state index contributed by atoms with van der Waals surface area (Å²) in [6.45, 7) is 3.60. The first-order valence-corrected chi connectivity index (χ1v) is 13.0. The van der Waals surface area contributed by atoms with Gasteiger partial charge in [-0.25, -0.2) is 37.6 Å². The number of ether oxygens (including phenoxy) is 1. The minimum Gasteiger partial charge on any atom is -0.455 e. The summed E-state index contributed by atoms with van der Waals surface area (Å²) in [5.74, 6) is -0.320. The van der Waals surface area contributed by atoms with Gasteiger partial charge in [0.2, 0.25) is 5.91 Å². The summed E-state index contributed by atoms with van der Waals surface area (Å²) in [4.78, 5) is 32.0. The zero-order valence-electron chi connectivity index (χ0n) is 21.7. The van der Waals surface area contributed by atoms with Crippen LogP contribution in [-0.4, -0.2) is 72.5 Å². The average Bonchev–Trinajstić information content (AvgIpc) is 3.48. The van der Waals surface area contributed by atoms with Gasteiger partial charge in [0.25, 0.3) is 6.43 Å².